The van der Waals surface area contributed by atoms with E-state index in [0.717, 1.165) is 5.01 Å². The smallest absolute Gasteiger partial charge is 0.232 e. The van der Waals surface area contributed by atoms with Crippen LogP contribution in [0, 0.1) is 11.3 Å². The van der Waals surface area contributed by atoms with Gasteiger partial charge in [0, 0.05) is 0 Å². The lowest BCUT2D eigenvalue weighted by molar-refractivity contribution is -0.118. The second-order valence-electron chi connectivity index (χ2n) is 1.54. The first-order valence-corrected chi connectivity index (χ1v) is 2.39. The van der Waals surface area contributed by atoms with E-state index in [1.807, 2.05) is 6.07 Å². The molecule has 1 aliphatic heterocycles. The van der Waals surface area contributed by atoms with Crippen LogP contribution in [0.3, 0.4) is 0 Å². The molecule has 1 heterocycles. The highest BCUT2D eigenvalue weighted by Crippen LogP contribution is 2.04. The van der Waals surface area contributed by atoms with Crippen molar-refractivity contribution >= 4 is 6.41 Å². The van der Waals surface area contributed by atoms with Crippen LogP contribution in [0.15, 0.2) is 10.3 Å². The maximum Gasteiger partial charge on any atom is 0.232 e. The molecule has 0 aromatic heterocycles. The molecule has 5 heteroatoms. The molecular weight excluding hydrogens is 120 g/mol. The zero-order chi connectivity index (χ0) is 6.69. The first-order chi connectivity index (χ1) is 4.38. The summed E-state index contributed by atoms with van der Waals surface area (Å²) in [7, 11) is 0. The van der Waals surface area contributed by atoms with Crippen LogP contribution in [-0.4, -0.2) is 24.0 Å². The van der Waals surface area contributed by atoms with Crippen molar-refractivity contribution < 1.29 is 4.79 Å². The number of carbonyl (C=O) groups excluding carboxylic acids is 1. The summed E-state index contributed by atoms with van der Waals surface area (Å²) in [4.78, 5) is 10.00. The maximum atomic E-state index is 10.00. The average Bonchev–Trinajstić information content (AvgIpc) is 2.33. The second kappa shape index (κ2) is 2.22. The lowest BCUT2D eigenvalue weighted by Crippen LogP contribution is -2.25. The van der Waals surface area contributed by atoms with Gasteiger partial charge in [-0.3, -0.25) is 4.79 Å². The number of rotatable bonds is 1. The molecule has 46 valence electrons. The number of carbonyl (C=O) groups is 1. The summed E-state index contributed by atoms with van der Waals surface area (Å²) >= 11 is 0. The van der Waals surface area contributed by atoms with Crippen molar-refractivity contribution in [3.05, 3.63) is 0 Å². The molecule has 0 spiro atoms. The largest absolute Gasteiger partial charge is 0.277 e. The molecule has 0 aromatic carbocycles. The van der Waals surface area contributed by atoms with Gasteiger partial charge in [-0.05, 0) is 0 Å². The Morgan fingerprint density at radius 2 is 2.67 bits per heavy atom. The minimum atomic E-state index is -0.484. The molecule has 1 unspecified atom stereocenters. The van der Waals surface area contributed by atoms with E-state index in [2.05, 4.69) is 10.3 Å². The van der Waals surface area contributed by atoms with Crippen molar-refractivity contribution in [2.75, 3.05) is 6.54 Å². The minimum Gasteiger partial charge on any atom is -0.277 e. The third kappa shape index (κ3) is 0.865. The SMILES string of the molecule is N#CC1CN=NN1C=O. The summed E-state index contributed by atoms with van der Waals surface area (Å²) < 4.78 is 0. The van der Waals surface area contributed by atoms with Crippen LogP contribution in [0.1, 0.15) is 0 Å². The van der Waals surface area contributed by atoms with E-state index in [-0.39, 0.29) is 0 Å². The van der Waals surface area contributed by atoms with Gasteiger partial charge in [0.2, 0.25) is 6.41 Å². The summed E-state index contributed by atoms with van der Waals surface area (Å²) in [5.41, 5.74) is 0. The number of nitrogens with zero attached hydrogens (tertiary/aromatic N) is 4. The molecule has 0 radical (unpaired) electrons. The van der Waals surface area contributed by atoms with Crippen molar-refractivity contribution in [1.82, 2.24) is 5.01 Å². The van der Waals surface area contributed by atoms with Crippen LogP contribution < -0.4 is 0 Å². The zero-order valence-corrected chi connectivity index (χ0v) is 4.56. The fourth-order valence-electron chi connectivity index (χ4n) is 0.527. The molecule has 1 atom stereocenters. The molecule has 0 aromatic rings. The van der Waals surface area contributed by atoms with Crippen LogP contribution in [-0.2, 0) is 4.79 Å². The molecule has 0 saturated heterocycles. The lowest BCUT2D eigenvalue weighted by Gasteiger charge is -2.03. The van der Waals surface area contributed by atoms with E-state index < -0.39 is 6.04 Å². The lowest BCUT2D eigenvalue weighted by atomic mass is 10.3. The summed E-state index contributed by atoms with van der Waals surface area (Å²) in [5.74, 6) is 0. The van der Waals surface area contributed by atoms with Crippen LogP contribution in [0.2, 0.25) is 0 Å². The zero-order valence-electron chi connectivity index (χ0n) is 4.56. The highest BCUT2D eigenvalue weighted by atomic mass is 16.1. The van der Waals surface area contributed by atoms with E-state index in [1.54, 1.807) is 0 Å². The predicted molar refractivity (Wildman–Crippen MR) is 27.0 cm³/mol. The molecule has 9 heavy (non-hydrogen) atoms. The van der Waals surface area contributed by atoms with Gasteiger partial charge >= 0.3 is 0 Å². The third-order valence-electron chi connectivity index (χ3n) is 0.997. The Labute approximate surface area is 51.6 Å². The molecule has 0 aliphatic carbocycles. The fourth-order valence-corrected chi connectivity index (χ4v) is 0.527. The molecule has 1 rings (SSSR count). The normalized spacial score (nSPS) is 23.9. The van der Waals surface area contributed by atoms with E-state index >= 15 is 0 Å². The Hall–Kier alpha value is -1.44. The number of amides is 1. The van der Waals surface area contributed by atoms with E-state index in [0.29, 0.717) is 13.0 Å². The van der Waals surface area contributed by atoms with Crippen molar-refractivity contribution in [3.63, 3.8) is 0 Å². The number of hydrogen-bond donors (Lipinski definition) is 0. The fraction of sp³-hybridized carbons (Fsp3) is 0.500. The molecule has 0 fully saturated rings. The van der Waals surface area contributed by atoms with Crippen LogP contribution >= 0.6 is 0 Å². The van der Waals surface area contributed by atoms with Crippen LogP contribution in [0.4, 0.5) is 0 Å². The van der Waals surface area contributed by atoms with Gasteiger partial charge in [0.25, 0.3) is 0 Å². The maximum absolute atomic E-state index is 10.00. The topological polar surface area (TPSA) is 68.8 Å². The van der Waals surface area contributed by atoms with Crippen molar-refractivity contribution in [3.8, 4) is 6.07 Å². The van der Waals surface area contributed by atoms with Crippen molar-refractivity contribution in [1.29, 1.82) is 5.26 Å². The second-order valence-corrected chi connectivity index (χ2v) is 1.54. The Morgan fingerprint density at radius 3 is 3.11 bits per heavy atom. The Morgan fingerprint density at radius 1 is 1.89 bits per heavy atom. The van der Waals surface area contributed by atoms with Crippen molar-refractivity contribution in [2.24, 2.45) is 10.3 Å². The number of nitriles is 1. The van der Waals surface area contributed by atoms with Gasteiger partial charge in [0.15, 0.2) is 6.04 Å². The highest BCUT2D eigenvalue weighted by Gasteiger charge is 2.20. The molecule has 0 bridgehead atoms. The third-order valence-corrected chi connectivity index (χ3v) is 0.997. The molecule has 0 N–H and O–H groups in total. The van der Waals surface area contributed by atoms with Crippen LogP contribution in [0.25, 0.3) is 0 Å². The minimum absolute atomic E-state index is 0.301. The standard InChI is InChI=1S/C4H4N4O/c5-1-4-2-6-7-8(4)3-9/h3-4H,2H2. The first kappa shape index (κ1) is 5.69. The van der Waals surface area contributed by atoms with Gasteiger partial charge in [-0.25, -0.2) is 0 Å². The summed E-state index contributed by atoms with van der Waals surface area (Å²) in [5, 5.41) is 16.2. The van der Waals surface area contributed by atoms with Gasteiger partial charge in [0.1, 0.15) is 0 Å². The predicted octanol–water partition coefficient (Wildman–Crippen LogP) is -0.282. The van der Waals surface area contributed by atoms with E-state index in [4.69, 9.17) is 5.26 Å². The Kier molecular flexibility index (Phi) is 1.40. The summed E-state index contributed by atoms with van der Waals surface area (Å²) in [6.45, 7) is 0.301. The van der Waals surface area contributed by atoms with Crippen LogP contribution in [0.5, 0.6) is 0 Å². The Balaban J connectivity index is 2.62. The molecule has 1 amide bonds. The molecule has 1 aliphatic rings. The monoisotopic (exact) mass is 124 g/mol. The van der Waals surface area contributed by atoms with Gasteiger partial charge in [0.05, 0.1) is 12.6 Å². The Bertz CT molecular complexity index is 181. The van der Waals surface area contributed by atoms with E-state index in [9.17, 15) is 4.79 Å². The quantitative estimate of drug-likeness (QED) is 0.451. The van der Waals surface area contributed by atoms with E-state index in [1.165, 1.54) is 0 Å². The summed E-state index contributed by atoms with van der Waals surface area (Å²) in [6.07, 6.45) is 0.490. The molecule has 0 saturated carbocycles. The number of hydrogen-bond acceptors (Lipinski definition) is 4. The molecular formula is C4H4N4O. The average molecular weight is 124 g/mol. The summed E-state index contributed by atoms with van der Waals surface area (Å²) in [6, 6.07) is 1.39. The van der Waals surface area contributed by atoms with Gasteiger partial charge in [-0.1, -0.05) is 5.22 Å². The molecule has 5 nitrogen and oxygen atoms in total. The van der Waals surface area contributed by atoms with Crippen molar-refractivity contribution in [2.45, 2.75) is 6.04 Å². The highest BCUT2D eigenvalue weighted by molar-refractivity contribution is 5.48. The van der Waals surface area contributed by atoms with Gasteiger partial charge in [-0.2, -0.15) is 15.4 Å². The van der Waals surface area contributed by atoms with Gasteiger partial charge in [-0.15, -0.1) is 0 Å². The first-order valence-electron chi connectivity index (χ1n) is 2.39. The van der Waals surface area contributed by atoms with Gasteiger partial charge < -0.3 is 0 Å².